The predicted molar refractivity (Wildman–Crippen MR) is 105 cm³/mol. The highest BCUT2D eigenvalue weighted by Gasteiger charge is 2.14. The fourth-order valence-corrected chi connectivity index (χ4v) is 4.52. The molecule has 4 aromatic rings. The molecule has 0 fully saturated rings. The Labute approximate surface area is 145 Å². The number of nitrogens with zero attached hydrogens (tertiary/aromatic N) is 2. The van der Waals surface area contributed by atoms with Crippen molar-refractivity contribution in [3.63, 3.8) is 0 Å². The molecule has 3 nitrogen and oxygen atoms in total. The van der Waals surface area contributed by atoms with E-state index in [2.05, 4.69) is 38.3 Å². The quantitative estimate of drug-likeness (QED) is 0.525. The second-order valence-corrected chi connectivity index (χ2v) is 7.13. The van der Waals surface area contributed by atoms with E-state index < -0.39 is 0 Å². The van der Waals surface area contributed by atoms with E-state index in [-0.39, 0.29) is 5.69 Å². The van der Waals surface area contributed by atoms with Crippen molar-refractivity contribution < 1.29 is 0 Å². The average molecular weight is 334 g/mol. The number of fused-ring (bicyclic) bond motifs is 2. The summed E-state index contributed by atoms with van der Waals surface area (Å²) >= 11 is 1.75. The van der Waals surface area contributed by atoms with Gasteiger partial charge in [0.15, 0.2) is 0 Å². The van der Waals surface area contributed by atoms with E-state index in [4.69, 9.17) is 0 Å². The molecule has 24 heavy (non-hydrogen) atoms. The second-order valence-electron chi connectivity index (χ2n) is 6.22. The van der Waals surface area contributed by atoms with Gasteiger partial charge in [0.1, 0.15) is 7.85 Å². The molecule has 0 aliphatic heterocycles. The van der Waals surface area contributed by atoms with E-state index >= 15 is 0 Å². The van der Waals surface area contributed by atoms with E-state index in [1.807, 2.05) is 33.4 Å². The molecule has 0 N–H and O–H groups in total. The number of aryl methyl sites for hydroxylation is 2. The van der Waals surface area contributed by atoms with Gasteiger partial charge in [0.25, 0.3) is 0 Å². The molecule has 0 atom stereocenters. The normalized spacial score (nSPS) is 11.5. The molecule has 0 unspecified atom stereocenters. The lowest BCUT2D eigenvalue weighted by Gasteiger charge is -2.04. The van der Waals surface area contributed by atoms with Crippen LogP contribution in [0.1, 0.15) is 11.1 Å². The number of aromatic nitrogens is 2. The number of hydrogen-bond acceptors (Lipinski definition) is 2. The molecule has 0 spiro atoms. The van der Waals surface area contributed by atoms with Gasteiger partial charge in [0.05, 0.1) is 17.6 Å². The van der Waals surface area contributed by atoms with Crippen molar-refractivity contribution in [2.75, 3.05) is 0 Å². The van der Waals surface area contributed by atoms with E-state index in [9.17, 15) is 4.79 Å². The van der Waals surface area contributed by atoms with Crippen molar-refractivity contribution in [3.05, 3.63) is 69.5 Å². The Kier molecular flexibility index (Phi) is 3.81. The first kappa shape index (κ1) is 15.3. The minimum atomic E-state index is 0.0889. The minimum absolute atomic E-state index is 0.0889. The molecule has 120 valence electrons. The summed E-state index contributed by atoms with van der Waals surface area (Å²) in [6.07, 6.45) is 0.953. The van der Waals surface area contributed by atoms with E-state index in [0.717, 1.165) is 23.9 Å². The minimum Gasteiger partial charge on any atom is -0.293 e. The van der Waals surface area contributed by atoms with Gasteiger partial charge in [-0.2, -0.15) is 0 Å². The third-order valence-electron chi connectivity index (χ3n) is 4.58. The van der Waals surface area contributed by atoms with Crippen LogP contribution in [-0.4, -0.2) is 17.0 Å². The fourth-order valence-electron chi connectivity index (χ4n) is 3.50. The van der Waals surface area contributed by atoms with Crippen molar-refractivity contribution in [1.82, 2.24) is 9.13 Å². The maximum absolute atomic E-state index is 13.0. The first-order valence-corrected chi connectivity index (χ1v) is 9.22. The Morgan fingerprint density at radius 3 is 2.54 bits per heavy atom. The van der Waals surface area contributed by atoms with Crippen LogP contribution < -0.4 is 5.69 Å². The summed E-state index contributed by atoms with van der Waals surface area (Å²) in [5.74, 6) is 0. The third kappa shape index (κ3) is 2.31. The largest absolute Gasteiger partial charge is 0.329 e. The van der Waals surface area contributed by atoms with Crippen LogP contribution in [0.5, 0.6) is 0 Å². The lowest BCUT2D eigenvalue weighted by Crippen LogP contribution is -2.24. The Hall–Kier alpha value is -2.27. The van der Waals surface area contributed by atoms with Crippen molar-refractivity contribution in [2.45, 2.75) is 26.3 Å². The summed E-state index contributed by atoms with van der Waals surface area (Å²) < 4.78 is 5.10. The van der Waals surface area contributed by atoms with Gasteiger partial charge in [-0.1, -0.05) is 30.6 Å². The van der Waals surface area contributed by atoms with Crippen LogP contribution in [-0.2, 0) is 13.1 Å². The lowest BCUT2D eigenvalue weighted by atomic mass is 10.1. The van der Waals surface area contributed by atoms with Gasteiger partial charge < -0.3 is 0 Å². The molecule has 2 heterocycles. The Balaban J connectivity index is 1.91. The van der Waals surface area contributed by atoms with Gasteiger partial charge >= 0.3 is 5.69 Å². The Bertz CT molecular complexity index is 1090. The van der Waals surface area contributed by atoms with Gasteiger partial charge in [-0.3, -0.25) is 9.13 Å². The molecule has 2 aromatic heterocycles. The molecule has 0 aliphatic carbocycles. The second kappa shape index (κ2) is 5.98. The van der Waals surface area contributed by atoms with Crippen LogP contribution >= 0.6 is 11.3 Å². The van der Waals surface area contributed by atoms with Gasteiger partial charge in [0.2, 0.25) is 0 Å². The summed E-state index contributed by atoms with van der Waals surface area (Å²) in [6, 6.07) is 14.5. The molecular weight excluding hydrogens is 315 g/mol. The average Bonchev–Trinajstić information content (AvgIpc) is 3.11. The monoisotopic (exact) mass is 334 g/mol. The van der Waals surface area contributed by atoms with Gasteiger partial charge in [0, 0.05) is 16.6 Å². The van der Waals surface area contributed by atoms with Crippen LogP contribution in [0.3, 0.4) is 0 Å². The van der Waals surface area contributed by atoms with Crippen LogP contribution in [0.15, 0.2) is 52.6 Å². The highest BCUT2D eigenvalue weighted by molar-refractivity contribution is 7.17. The smallest absolute Gasteiger partial charge is 0.293 e. The number of rotatable bonds is 4. The molecular formula is C19H19BN2OS. The number of hydrogen-bond donors (Lipinski definition) is 0. The number of thiophene rings is 1. The zero-order valence-corrected chi connectivity index (χ0v) is 14.8. The molecule has 5 heteroatoms. The molecule has 0 saturated carbocycles. The molecule has 0 amide bonds. The molecule has 0 radical (unpaired) electrons. The Morgan fingerprint density at radius 2 is 1.79 bits per heavy atom. The highest BCUT2D eigenvalue weighted by atomic mass is 32.1. The van der Waals surface area contributed by atoms with Crippen LogP contribution in [0.25, 0.3) is 21.1 Å². The first-order chi connectivity index (χ1) is 11.7. The maximum Gasteiger partial charge on any atom is 0.329 e. The van der Waals surface area contributed by atoms with E-state index in [1.54, 1.807) is 11.3 Å². The summed E-state index contributed by atoms with van der Waals surface area (Å²) in [4.78, 5) is 13.0. The highest BCUT2D eigenvalue weighted by Crippen LogP contribution is 2.29. The molecule has 0 bridgehead atoms. The van der Waals surface area contributed by atoms with Crippen LogP contribution in [0, 0.1) is 6.92 Å². The fraction of sp³-hybridized carbons (Fsp3) is 0.211. The first-order valence-electron chi connectivity index (χ1n) is 8.34. The molecule has 0 aliphatic rings. The maximum atomic E-state index is 13.0. The molecule has 4 rings (SSSR count). The number of benzene rings is 2. The molecule has 0 saturated heterocycles. The van der Waals surface area contributed by atoms with Crippen molar-refractivity contribution in [2.24, 2.45) is 0 Å². The third-order valence-corrected chi connectivity index (χ3v) is 5.58. The predicted octanol–water partition coefficient (Wildman–Crippen LogP) is 3.43. The zero-order valence-electron chi connectivity index (χ0n) is 14.0. The van der Waals surface area contributed by atoms with Gasteiger partial charge in [-0.15, -0.1) is 11.3 Å². The summed E-state index contributed by atoms with van der Waals surface area (Å²) in [5.41, 5.74) is 4.64. The Morgan fingerprint density at radius 1 is 1.04 bits per heavy atom. The topological polar surface area (TPSA) is 26.9 Å². The number of imidazole rings is 1. The van der Waals surface area contributed by atoms with Crippen LogP contribution in [0.4, 0.5) is 0 Å². The SMILES string of the molecule is BCCn1c(=O)n(Cc2csc3cccc(C)c23)c2ccccc21. The summed E-state index contributed by atoms with van der Waals surface area (Å²) in [6.45, 7) is 3.53. The number of para-hydroxylation sites is 2. The van der Waals surface area contributed by atoms with Crippen molar-refractivity contribution in [3.8, 4) is 0 Å². The van der Waals surface area contributed by atoms with E-state index in [0.29, 0.717) is 6.54 Å². The van der Waals surface area contributed by atoms with Gasteiger partial charge in [-0.05, 0) is 41.6 Å². The van der Waals surface area contributed by atoms with Crippen molar-refractivity contribution >= 4 is 40.3 Å². The van der Waals surface area contributed by atoms with E-state index in [1.165, 1.54) is 21.2 Å². The summed E-state index contributed by atoms with van der Waals surface area (Å²) in [7, 11) is 2.11. The van der Waals surface area contributed by atoms with Gasteiger partial charge in [-0.25, -0.2) is 4.79 Å². The summed E-state index contributed by atoms with van der Waals surface area (Å²) in [5, 5.41) is 3.48. The standard InChI is InChI=1S/C19H19BN2OS/c1-13-5-4-8-17-18(13)14(12-24-17)11-22-16-7-3-2-6-15(16)21(10-9-20)19(22)23/h2-8,12H,9-11,20H2,1H3. The molecule has 2 aromatic carbocycles. The van der Waals surface area contributed by atoms with Crippen molar-refractivity contribution in [1.29, 1.82) is 0 Å². The lowest BCUT2D eigenvalue weighted by molar-refractivity contribution is 0.686. The van der Waals surface area contributed by atoms with Crippen LogP contribution in [0.2, 0.25) is 6.32 Å². The zero-order chi connectivity index (χ0) is 16.7.